The number of nitrogens with zero attached hydrogens (tertiary/aromatic N) is 2. The number of rotatable bonds is 11. The van der Waals surface area contributed by atoms with E-state index in [1.807, 2.05) is 25.1 Å². The predicted molar refractivity (Wildman–Crippen MR) is 106 cm³/mol. The maximum atomic E-state index is 12.4. The summed E-state index contributed by atoms with van der Waals surface area (Å²) in [5, 5.41) is 15.1. The van der Waals surface area contributed by atoms with Crippen LogP contribution in [0.15, 0.2) is 30.0 Å². The summed E-state index contributed by atoms with van der Waals surface area (Å²) in [6.07, 6.45) is 1.47. The third kappa shape index (κ3) is 6.83. The summed E-state index contributed by atoms with van der Waals surface area (Å²) >= 11 is 0. The molecular weight excluding hydrogens is 344 g/mol. The number of amides is 1. The summed E-state index contributed by atoms with van der Waals surface area (Å²) in [7, 11) is 3.13. The van der Waals surface area contributed by atoms with Crippen molar-refractivity contribution in [2.75, 3.05) is 40.4 Å². The monoisotopic (exact) mass is 374 g/mol. The highest BCUT2D eigenvalue weighted by atomic mass is 16.5. The van der Waals surface area contributed by atoms with Gasteiger partial charge in [0.25, 0.3) is 5.91 Å². The van der Waals surface area contributed by atoms with Crippen LogP contribution >= 0.6 is 0 Å². The summed E-state index contributed by atoms with van der Waals surface area (Å²) < 4.78 is 10.5. The highest BCUT2D eigenvalue weighted by Crippen LogP contribution is 2.29. The molecule has 0 aliphatic rings. The molecule has 0 aliphatic heterocycles. The molecule has 2 N–H and O–H groups in total. The molecule has 7 heteroatoms. The van der Waals surface area contributed by atoms with Gasteiger partial charge in [-0.3, -0.25) is 4.79 Å². The quantitative estimate of drug-likeness (QED) is 0.351. The van der Waals surface area contributed by atoms with Crippen LogP contribution in [0.3, 0.4) is 0 Å². The van der Waals surface area contributed by atoms with E-state index in [1.54, 1.807) is 20.3 Å². The highest BCUT2D eigenvalue weighted by molar-refractivity contribution is 5.97. The molecule has 1 atom stereocenters. The van der Waals surface area contributed by atoms with Crippen molar-refractivity contribution in [1.29, 1.82) is 5.26 Å². The Labute approximate surface area is 161 Å². The van der Waals surface area contributed by atoms with Crippen LogP contribution < -0.4 is 20.1 Å². The molecular formula is C20H30N4O3. The summed E-state index contributed by atoms with van der Waals surface area (Å²) in [5.41, 5.74) is 0.898. The third-order valence-corrected chi connectivity index (χ3v) is 4.33. The number of hydrogen-bond acceptors (Lipinski definition) is 6. The standard InChI is InChI=1S/C20H30N4O3/c1-6-24(7-2)11-10-22-14-17(13-21)20(25)23-15(3)16-8-9-18(26-4)19(12-16)27-5/h8-9,12,14-15,22H,6-7,10-11H2,1-5H3,(H,23,25)/b17-14-. The Morgan fingerprint density at radius 3 is 2.48 bits per heavy atom. The Hall–Kier alpha value is -2.72. The maximum Gasteiger partial charge on any atom is 0.263 e. The van der Waals surface area contributed by atoms with Crippen molar-refractivity contribution < 1.29 is 14.3 Å². The Balaban J connectivity index is 2.69. The summed E-state index contributed by atoms with van der Waals surface area (Å²) in [6.45, 7) is 9.51. The number of nitriles is 1. The number of ether oxygens (including phenoxy) is 2. The summed E-state index contributed by atoms with van der Waals surface area (Å²) in [6, 6.07) is 7.10. The highest BCUT2D eigenvalue weighted by Gasteiger charge is 2.15. The molecule has 0 spiro atoms. The van der Waals surface area contributed by atoms with Crippen molar-refractivity contribution in [3.63, 3.8) is 0 Å². The van der Waals surface area contributed by atoms with Gasteiger partial charge in [0.1, 0.15) is 11.6 Å². The van der Waals surface area contributed by atoms with E-state index < -0.39 is 5.91 Å². The first-order valence-electron chi connectivity index (χ1n) is 9.09. The lowest BCUT2D eigenvalue weighted by molar-refractivity contribution is -0.117. The van der Waals surface area contributed by atoms with E-state index in [9.17, 15) is 10.1 Å². The molecule has 1 aromatic rings. The van der Waals surface area contributed by atoms with Crippen LogP contribution in [0.4, 0.5) is 0 Å². The van der Waals surface area contributed by atoms with Gasteiger partial charge in [0, 0.05) is 19.3 Å². The van der Waals surface area contributed by atoms with Crippen LogP contribution in [0.1, 0.15) is 32.4 Å². The molecule has 148 valence electrons. The number of nitrogens with one attached hydrogen (secondary N) is 2. The van der Waals surface area contributed by atoms with Crippen molar-refractivity contribution in [3.8, 4) is 17.6 Å². The molecule has 0 saturated heterocycles. The van der Waals surface area contributed by atoms with E-state index in [0.29, 0.717) is 18.0 Å². The average Bonchev–Trinajstić information content (AvgIpc) is 2.70. The van der Waals surface area contributed by atoms with Gasteiger partial charge in [-0.25, -0.2) is 0 Å². The number of benzene rings is 1. The lowest BCUT2D eigenvalue weighted by atomic mass is 10.1. The Kier molecular flexibility index (Phi) is 9.76. The SMILES string of the molecule is CCN(CC)CCN/C=C(/C#N)C(=O)NC(C)c1ccc(OC)c(OC)c1. The molecule has 0 heterocycles. The first-order valence-corrected chi connectivity index (χ1v) is 9.09. The number of likely N-dealkylation sites (N-methyl/N-ethyl adjacent to an activating group) is 1. The topological polar surface area (TPSA) is 86.6 Å². The van der Waals surface area contributed by atoms with Gasteiger partial charge in [0.15, 0.2) is 11.5 Å². The zero-order valence-corrected chi connectivity index (χ0v) is 16.8. The maximum absolute atomic E-state index is 12.4. The second-order valence-corrected chi connectivity index (χ2v) is 5.96. The van der Waals surface area contributed by atoms with E-state index in [0.717, 1.165) is 25.2 Å². The molecule has 1 aromatic carbocycles. The van der Waals surface area contributed by atoms with Gasteiger partial charge in [0.05, 0.1) is 20.3 Å². The van der Waals surface area contributed by atoms with Crippen LogP contribution in [-0.2, 0) is 4.79 Å². The largest absolute Gasteiger partial charge is 0.493 e. The van der Waals surface area contributed by atoms with Crippen LogP contribution in [-0.4, -0.2) is 51.2 Å². The second-order valence-electron chi connectivity index (χ2n) is 5.96. The van der Waals surface area contributed by atoms with Crippen molar-refractivity contribution >= 4 is 5.91 Å². The first-order chi connectivity index (χ1) is 13.0. The second kappa shape index (κ2) is 11.8. The number of methoxy groups -OCH3 is 2. The van der Waals surface area contributed by atoms with Gasteiger partial charge in [0.2, 0.25) is 0 Å². The molecule has 0 aromatic heterocycles. The molecule has 0 bridgehead atoms. The minimum Gasteiger partial charge on any atom is -0.493 e. The van der Waals surface area contributed by atoms with Crippen LogP contribution in [0.5, 0.6) is 11.5 Å². The van der Waals surface area contributed by atoms with E-state index >= 15 is 0 Å². The fourth-order valence-electron chi connectivity index (χ4n) is 2.57. The Morgan fingerprint density at radius 1 is 1.26 bits per heavy atom. The van der Waals surface area contributed by atoms with Crippen molar-refractivity contribution in [1.82, 2.24) is 15.5 Å². The fourth-order valence-corrected chi connectivity index (χ4v) is 2.57. The Morgan fingerprint density at radius 2 is 1.93 bits per heavy atom. The van der Waals surface area contributed by atoms with E-state index in [1.165, 1.54) is 6.20 Å². The van der Waals surface area contributed by atoms with Crippen LogP contribution in [0, 0.1) is 11.3 Å². The molecule has 27 heavy (non-hydrogen) atoms. The molecule has 0 aliphatic carbocycles. The molecule has 1 unspecified atom stereocenters. The van der Waals surface area contributed by atoms with Crippen LogP contribution in [0.2, 0.25) is 0 Å². The minimum atomic E-state index is -0.421. The number of hydrogen-bond donors (Lipinski definition) is 2. The number of carbonyl (C=O) groups excluding carboxylic acids is 1. The van der Waals surface area contributed by atoms with Gasteiger partial charge >= 0.3 is 0 Å². The van der Waals surface area contributed by atoms with Gasteiger partial charge in [-0.2, -0.15) is 5.26 Å². The smallest absolute Gasteiger partial charge is 0.263 e. The van der Waals surface area contributed by atoms with Gasteiger partial charge in [-0.05, 0) is 37.7 Å². The van der Waals surface area contributed by atoms with Crippen molar-refractivity contribution in [2.45, 2.75) is 26.8 Å². The van der Waals surface area contributed by atoms with Crippen molar-refractivity contribution in [3.05, 3.63) is 35.5 Å². The van der Waals surface area contributed by atoms with E-state index in [2.05, 4.69) is 29.4 Å². The lowest BCUT2D eigenvalue weighted by Gasteiger charge is -2.18. The normalized spacial score (nSPS) is 12.3. The predicted octanol–water partition coefficient (Wildman–Crippen LogP) is 2.22. The Bertz CT molecular complexity index is 678. The molecule has 0 saturated carbocycles. The van der Waals surface area contributed by atoms with Gasteiger partial charge < -0.3 is 25.0 Å². The lowest BCUT2D eigenvalue weighted by Crippen LogP contribution is -2.31. The molecule has 0 fully saturated rings. The number of carbonyl (C=O) groups is 1. The fraction of sp³-hybridized carbons (Fsp3) is 0.500. The first kappa shape index (κ1) is 22.3. The van der Waals surface area contributed by atoms with Crippen LogP contribution in [0.25, 0.3) is 0 Å². The average molecular weight is 374 g/mol. The molecule has 7 nitrogen and oxygen atoms in total. The molecule has 1 amide bonds. The molecule has 1 rings (SSSR count). The summed E-state index contributed by atoms with van der Waals surface area (Å²) in [5.74, 6) is 0.787. The zero-order chi connectivity index (χ0) is 20.2. The third-order valence-electron chi connectivity index (χ3n) is 4.33. The van der Waals surface area contributed by atoms with Gasteiger partial charge in [-0.1, -0.05) is 19.9 Å². The van der Waals surface area contributed by atoms with E-state index in [4.69, 9.17) is 9.47 Å². The van der Waals surface area contributed by atoms with Crippen molar-refractivity contribution in [2.24, 2.45) is 0 Å². The molecule has 0 radical (unpaired) electrons. The van der Waals surface area contributed by atoms with E-state index in [-0.39, 0.29) is 11.6 Å². The summed E-state index contributed by atoms with van der Waals surface area (Å²) in [4.78, 5) is 14.6. The zero-order valence-electron chi connectivity index (χ0n) is 16.8. The minimum absolute atomic E-state index is 0.0434. The van der Waals surface area contributed by atoms with Gasteiger partial charge in [-0.15, -0.1) is 0 Å².